The maximum Gasteiger partial charge on any atom is 0.250 e. The van der Waals surface area contributed by atoms with Gasteiger partial charge < -0.3 is 0 Å². The summed E-state index contributed by atoms with van der Waals surface area (Å²) in [4.78, 5) is 10.7. The van der Waals surface area contributed by atoms with E-state index in [0.717, 1.165) is 0 Å². The Morgan fingerprint density at radius 3 is 2.62 bits per heavy atom. The molecular weight excluding hydrogens is 104 g/mol. The van der Waals surface area contributed by atoms with Crippen LogP contribution in [0.1, 0.15) is 6.92 Å². The zero-order valence-electron chi connectivity index (χ0n) is 4.96. The van der Waals surface area contributed by atoms with E-state index >= 15 is 0 Å². The largest absolute Gasteiger partial charge is 0.272 e. The average molecular weight is 112 g/mol. The third-order valence-corrected chi connectivity index (χ3v) is 1.17. The molecule has 1 amide bonds. The molecule has 0 radical (unpaired) electrons. The van der Waals surface area contributed by atoms with E-state index in [1.807, 2.05) is 6.92 Å². The van der Waals surface area contributed by atoms with Gasteiger partial charge in [-0.15, -0.1) is 0 Å². The molecule has 3 nitrogen and oxygen atoms in total. The van der Waals surface area contributed by atoms with Gasteiger partial charge in [-0.1, -0.05) is 0 Å². The lowest BCUT2D eigenvalue weighted by Crippen LogP contribution is -2.20. The number of hydrogen-bond donors (Lipinski definition) is 0. The fourth-order valence-electron chi connectivity index (χ4n) is 0.615. The van der Waals surface area contributed by atoms with Crippen LogP contribution in [0, 0.1) is 5.92 Å². The lowest BCUT2D eigenvalue weighted by molar-refractivity contribution is -0.130. The van der Waals surface area contributed by atoms with Crippen LogP contribution < -0.4 is 0 Å². The Bertz CT molecular complexity index is 127. The zero-order chi connectivity index (χ0) is 6.15. The molecule has 0 aromatic carbocycles. The Morgan fingerprint density at radius 1 is 1.88 bits per heavy atom. The summed E-state index contributed by atoms with van der Waals surface area (Å²) in [6, 6.07) is 0. The van der Waals surface area contributed by atoms with Gasteiger partial charge in [-0.05, 0) is 6.92 Å². The molecule has 3 heteroatoms. The molecule has 1 rings (SSSR count). The van der Waals surface area contributed by atoms with Gasteiger partial charge in [0, 0.05) is 13.3 Å². The van der Waals surface area contributed by atoms with Gasteiger partial charge in [-0.25, -0.2) is 5.01 Å². The van der Waals surface area contributed by atoms with Crippen molar-refractivity contribution in [2.45, 2.75) is 6.92 Å². The topological polar surface area (TPSA) is 32.7 Å². The van der Waals surface area contributed by atoms with Crippen LogP contribution in [0.3, 0.4) is 0 Å². The fourth-order valence-corrected chi connectivity index (χ4v) is 0.615. The van der Waals surface area contributed by atoms with Crippen LogP contribution in [0.5, 0.6) is 0 Å². The molecule has 1 heterocycles. The van der Waals surface area contributed by atoms with E-state index in [2.05, 4.69) is 5.10 Å². The predicted molar refractivity (Wildman–Crippen MR) is 30.4 cm³/mol. The van der Waals surface area contributed by atoms with E-state index in [0.29, 0.717) is 0 Å². The lowest BCUT2D eigenvalue weighted by atomic mass is 10.2. The highest BCUT2D eigenvalue weighted by Gasteiger charge is 2.19. The van der Waals surface area contributed by atoms with Crippen LogP contribution in [0.4, 0.5) is 0 Å². The van der Waals surface area contributed by atoms with E-state index < -0.39 is 0 Å². The van der Waals surface area contributed by atoms with Crippen LogP contribution >= 0.6 is 0 Å². The van der Waals surface area contributed by atoms with Crippen molar-refractivity contribution >= 4 is 12.1 Å². The van der Waals surface area contributed by atoms with Crippen molar-refractivity contribution in [3.8, 4) is 0 Å². The van der Waals surface area contributed by atoms with Gasteiger partial charge in [-0.3, -0.25) is 4.79 Å². The Kier molecular flexibility index (Phi) is 1.04. The number of carbonyl (C=O) groups excluding carboxylic acids is 1. The van der Waals surface area contributed by atoms with Gasteiger partial charge in [0.15, 0.2) is 0 Å². The number of amides is 1. The van der Waals surface area contributed by atoms with Crippen LogP contribution in [0.15, 0.2) is 5.10 Å². The average Bonchev–Trinajstić information content (AvgIpc) is 1.98. The molecule has 0 saturated carbocycles. The number of hydrogen-bond acceptors (Lipinski definition) is 2. The Balaban J connectivity index is 2.70. The quantitative estimate of drug-likeness (QED) is 0.436. The molecule has 0 aromatic rings. The molecule has 0 bridgehead atoms. The van der Waals surface area contributed by atoms with Crippen molar-refractivity contribution in [3.63, 3.8) is 0 Å². The molecule has 0 unspecified atom stereocenters. The van der Waals surface area contributed by atoms with Gasteiger partial charge >= 0.3 is 0 Å². The molecule has 44 valence electrons. The lowest BCUT2D eigenvalue weighted by Gasteiger charge is -2.02. The minimum absolute atomic E-state index is 0.0139. The zero-order valence-corrected chi connectivity index (χ0v) is 4.96. The summed E-state index contributed by atoms with van der Waals surface area (Å²) in [6.07, 6.45) is 1.64. The molecular formula is C5H8N2O. The van der Waals surface area contributed by atoms with Gasteiger partial charge in [0.2, 0.25) is 0 Å². The van der Waals surface area contributed by atoms with Crippen molar-refractivity contribution in [3.05, 3.63) is 0 Å². The predicted octanol–water partition coefficient (Wildman–Crippen LogP) is 0.0803. The first-order chi connectivity index (χ1) is 3.72. The summed E-state index contributed by atoms with van der Waals surface area (Å²) in [6.45, 7) is 1.83. The second-order valence-electron chi connectivity index (χ2n) is 1.92. The summed E-state index contributed by atoms with van der Waals surface area (Å²) in [7, 11) is 1.66. The molecule has 0 aliphatic carbocycles. The molecule has 0 fully saturated rings. The van der Waals surface area contributed by atoms with Crippen LogP contribution in [0.25, 0.3) is 0 Å². The van der Waals surface area contributed by atoms with Crippen LogP contribution in [-0.4, -0.2) is 24.2 Å². The smallest absolute Gasteiger partial charge is 0.250 e. The first-order valence-electron chi connectivity index (χ1n) is 2.53. The summed E-state index contributed by atoms with van der Waals surface area (Å²) in [5, 5.41) is 5.11. The summed E-state index contributed by atoms with van der Waals surface area (Å²) < 4.78 is 0. The van der Waals surface area contributed by atoms with E-state index in [1.165, 1.54) is 5.01 Å². The molecule has 1 atom stereocenters. The number of carbonyl (C=O) groups is 1. The molecule has 0 spiro atoms. The SMILES string of the molecule is C[C@@H]1C=NN(C)C1=O. The first kappa shape index (κ1) is 5.28. The highest BCUT2D eigenvalue weighted by Crippen LogP contribution is 2.04. The van der Waals surface area contributed by atoms with E-state index in [-0.39, 0.29) is 11.8 Å². The van der Waals surface area contributed by atoms with Crippen molar-refractivity contribution in [1.82, 2.24) is 5.01 Å². The normalized spacial score (nSPS) is 27.5. The second kappa shape index (κ2) is 1.58. The highest BCUT2D eigenvalue weighted by molar-refractivity contribution is 5.96. The van der Waals surface area contributed by atoms with E-state index in [1.54, 1.807) is 13.3 Å². The molecule has 1 aliphatic heterocycles. The minimum Gasteiger partial charge on any atom is -0.272 e. The van der Waals surface area contributed by atoms with E-state index in [4.69, 9.17) is 0 Å². The van der Waals surface area contributed by atoms with Gasteiger partial charge in [0.05, 0.1) is 5.92 Å². The highest BCUT2D eigenvalue weighted by atomic mass is 16.2. The van der Waals surface area contributed by atoms with Crippen molar-refractivity contribution in [2.24, 2.45) is 11.0 Å². The third-order valence-electron chi connectivity index (χ3n) is 1.17. The van der Waals surface area contributed by atoms with Crippen molar-refractivity contribution < 1.29 is 4.79 Å². The van der Waals surface area contributed by atoms with Gasteiger partial charge in [0.1, 0.15) is 0 Å². The Labute approximate surface area is 48.0 Å². The molecule has 0 N–H and O–H groups in total. The van der Waals surface area contributed by atoms with Crippen molar-refractivity contribution in [2.75, 3.05) is 7.05 Å². The van der Waals surface area contributed by atoms with Crippen LogP contribution in [-0.2, 0) is 4.79 Å². The monoisotopic (exact) mass is 112 g/mol. The number of rotatable bonds is 0. The van der Waals surface area contributed by atoms with Crippen LogP contribution in [0.2, 0.25) is 0 Å². The summed E-state index contributed by atoms with van der Waals surface area (Å²) in [5.41, 5.74) is 0. The molecule has 8 heavy (non-hydrogen) atoms. The molecule has 1 aliphatic rings. The Morgan fingerprint density at radius 2 is 2.50 bits per heavy atom. The maximum atomic E-state index is 10.7. The van der Waals surface area contributed by atoms with Gasteiger partial charge in [-0.2, -0.15) is 5.10 Å². The maximum absolute atomic E-state index is 10.7. The second-order valence-corrected chi connectivity index (χ2v) is 1.92. The number of hydrazone groups is 1. The fraction of sp³-hybridized carbons (Fsp3) is 0.600. The minimum atomic E-state index is -0.0139. The van der Waals surface area contributed by atoms with Gasteiger partial charge in [0.25, 0.3) is 5.91 Å². The first-order valence-corrected chi connectivity index (χ1v) is 2.53. The number of nitrogens with zero attached hydrogens (tertiary/aromatic N) is 2. The third kappa shape index (κ3) is 0.598. The Hall–Kier alpha value is -0.860. The molecule has 0 saturated heterocycles. The standard InChI is InChI=1S/C5H8N2O/c1-4-3-6-7(2)5(4)8/h3-4H,1-2H3/t4-/m1/s1. The van der Waals surface area contributed by atoms with E-state index in [9.17, 15) is 4.79 Å². The molecule has 0 aromatic heterocycles. The summed E-state index contributed by atoms with van der Waals surface area (Å²) in [5.74, 6) is 0.0602. The summed E-state index contributed by atoms with van der Waals surface area (Å²) >= 11 is 0. The van der Waals surface area contributed by atoms with Crippen molar-refractivity contribution in [1.29, 1.82) is 0 Å².